The number of aromatic nitrogens is 2. The Balaban J connectivity index is 1.87. The summed E-state index contributed by atoms with van der Waals surface area (Å²) in [6.07, 6.45) is 5.99. The minimum Gasteiger partial charge on any atom is -0.370 e. The van der Waals surface area contributed by atoms with Crippen molar-refractivity contribution in [1.29, 1.82) is 0 Å². The highest BCUT2D eigenvalue weighted by Crippen LogP contribution is 2.30. The summed E-state index contributed by atoms with van der Waals surface area (Å²) in [5.41, 5.74) is 5.13. The van der Waals surface area contributed by atoms with Gasteiger partial charge in [0, 0.05) is 31.3 Å². The smallest absolute Gasteiger partial charge is 0.219 e. The first-order valence-electron chi connectivity index (χ1n) is 7.13. The Morgan fingerprint density at radius 3 is 3.00 bits per heavy atom. The van der Waals surface area contributed by atoms with E-state index in [0.717, 1.165) is 11.7 Å². The van der Waals surface area contributed by atoms with E-state index in [0.29, 0.717) is 24.9 Å². The predicted octanol–water partition coefficient (Wildman–Crippen LogP) is 2.00. The largest absolute Gasteiger partial charge is 0.370 e. The molecule has 1 saturated carbocycles. The van der Waals surface area contributed by atoms with E-state index < -0.39 is 0 Å². The van der Waals surface area contributed by atoms with Gasteiger partial charge in [0.1, 0.15) is 5.82 Å². The molecular formula is C14H24N4O. The molecule has 0 aromatic carbocycles. The molecule has 5 heteroatoms. The first kappa shape index (κ1) is 13.9. The molecule has 1 aromatic rings. The Labute approximate surface area is 114 Å². The zero-order valence-corrected chi connectivity index (χ0v) is 11.8. The molecule has 106 valence electrons. The van der Waals surface area contributed by atoms with E-state index in [1.54, 1.807) is 4.68 Å². The summed E-state index contributed by atoms with van der Waals surface area (Å²) in [4.78, 5) is 10.7. The number of hydrogen-bond donors (Lipinski definition) is 2. The highest BCUT2D eigenvalue weighted by molar-refractivity contribution is 5.73. The summed E-state index contributed by atoms with van der Waals surface area (Å²) in [7, 11) is 0. The first-order chi connectivity index (χ1) is 9.04. The van der Waals surface area contributed by atoms with Crippen molar-refractivity contribution >= 4 is 11.7 Å². The van der Waals surface area contributed by atoms with Crippen LogP contribution in [-0.4, -0.2) is 21.7 Å². The number of carbonyl (C=O) groups excluding carboxylic acids is 1. The molecule has 5 nitrogen and oxygen atoms in total. The predicted molar refractivity (Wildman–Crippen MR) is 75.6 cm³/mol. The molecule has 1 aliphatic carbocycles. The van der Waals surface area contributed by atoms with E-state index in [2.05, 4.69) is 24.3 Å². The van der Waals surface area contributed by atoms with Crippen molar-refractivity contribution in [2.75, 3.05) is 5.32 Å². The average Bonchev–Trinajstić information content (AvgIpc) is 2.78. The standard InChI is InChI=1S/C14H24N4O/c1-10-3-4-12(11(2)9-10)16-14-6-8-18(17-14)7-5-13(15)19/h6,8,10-12H,3-5,7,9H2,1-2H3,(H2,15,19)(H,16,17)/t10-,11-,12-/m1/s1. The molecule has 1 aromatic heterocycles. The maximum absolute atomic E-state index is 10.7. The lowest BCUT2D eigenvalue weighted by Gasteiger charge is -2.33. The molecule has 2 rings (SSSR count). The highest BCUT2D eigenvalue weighted by atomic mass is 16.1. The van der Waals surface area contributed by atoms with Crippen LogP contribution in [0.5, 0.6) is 0 Å². The molecule has 0 spiro atoms. The van der Waals surface area contributed by atoms with Gasteiger partial charge in [-0.05, 0) is 31.1 Å². The van der Waals surface area contributed by atoms with Crippen molar-refractivity contribution in [3.63, 3.8) is 0 Å². The quantitative estimate of drug-likeness (QED) is 0.854. The fourth-order valence-electron chi connectivity index (χ4n) is 2.86. The van der Waals surface area contributed by atoms with E-state index in [9.17, 15) is 4.79 Å². The molecule has 1 aliphatic rings. The third kappa shape index (κ3) is 3.98. The number of nitrogens with one attached hydrogen (secondary N) is 1. The molecule has 0 aliphatic heterocycles. The van der Waals surface area contributed by atoms with Gasteiger partial charge < -0.3 is 11.1 Å². The van der Waals surface area contributed by atoms with Crippen LogP contribution in [0.1, 0.15) is 39.5 Å². The molecule has 0 radical (unpaired) electrons. The van der Waals surface area contributed by atoms with E-state index >= 15 is 0 Å². The fourth-order valence-corrected chi connectivity index (χ4v) is 2.86. The monoisotopic (exact) mass is 264 g/mol. The zero-order chi connectivity index (χ0) is 13.8. The molecule has 0 bridgehead atoms. The minimum atomic E-state index is -0.292. The van der Waals surface area contributed by atoms with E-state index in [1.165, 1.54) is 19.3 Å². The average molecular weight is 264 g/mol. The van der Waals surface area contributed by atoms with Crippen LogP contribution in [0.15, 0.2) is 12.3 Å². The molecular weight excluding hydrogens is 240 g/mol. The lowest BCUT2D eigenvalue weighted by molar-refractivity contribution is -0.118. The number of hydrogen-bond acceptors (Lipinski definition) is 3. The number of anilines is 1. The number of nitrogens with zero attached hydrogens (tertiary/aromatic N) is 2. The number of nitrogens with two attached hydrogens (primary N) is 1. The van der Waals surface area contributed by atoms with Crippen molar-refractivity contribution in [3.05, 3.63) is 12.3 Å². The second-order valence-corrected chi connectivity index (χ2v) is 5.83. The Morgan fingerprint density at radius 2 is 2.32 bits per heavy atom. The Kier molecular flexibility index (Phi) is 4.45. The van der Waals surface area contributed by atoms with Gasteiger partial charge in [-0.2, -0.15) is 5.10 Å². The first-order valence-corrected chi connectivity index (χ1v) is 7.13. The number of primary amides is 1. The highest BCUT2D eigenvalue weighted by Gasteiger charge is 2.25. The van der Waals surface area contributed by atoms with E-state index in [-0.39, 0.29) is 5.91 Å². The summed E-state index contributed by atoms with van der Waals surface area (Å²) in [6, 6.07) is 2.47. The number of carbonyl (C=O) groups is 1. The van der Waals surface area contributed by atoms with E-state index in [1.807, 2.05) is 12.3 Å². The molecule has 1 amide bonds. The van der Waals surface area contributed by atoms with Crippen LogP contribution >= 0.6 is 0 Å². The van der Waals surface area contributed by atoms with Crippen LogP contribution in [0.2, 0.25) is 0 Å². The normalized spacial score (nSPS) is 27.2. The lowest BCUT2D eigenvalue weighted by atomic mass is 9.80. The Hall–Kier alpha value is -1.52. The Bertz CT molecular complexity index is 429. The molecule has 0 saturated heterocycles. The van der Waals surface area contributed by atoms with Crippen molar-refractivity contribution in [1.82, 2.24) is 9.78 Å². The van der Waals surface area contributed by atoms with Crippen LogP contribution in [-0.2, 0) is 11.3 Å². The maximum atomic E-state index is 10.7. The second kappa shape index (κ2) is 6.08. The van der Waals surface area contributed by atoms with Crippen molar-refractivity contribution < 1.29 is 4.79 Å². The van der Waals surface area contributed by atoms with Gasteiger partial charge in [-0.3, -0.25) is 9.48 Å². The van der Waals surface area contributed by atoms with Gasteiger partial charge in [0.25, 0.3) is 0 Å². The van der Waals surface area contributed by atoms with Gasteiger partial charge in [-0.25, -0.2) is 0 Å². The number of amides is 1. The van der Waals surface area contributed by atoms with Crippen molar-refractivity contribution in [3.8, 4) is 0 Å². The summed E-state index contributed by atoms with van der Waals surface area (Å²) in [5.74, 6) is 2.12. The summed E-state index contributed by atoms with van der Waals surface area (Å²) in [6.45, 7) is 5.18. The SMILES string of the molecule is C[C@@H]1CC[C@@H](Nc2ccn(CCC(N)=O)n2)[C@H](C)C1. The van der Waals surface area contributed by atoms with Crippen LogP contribution in [0.3, 0.4) is 0 Å². The third-order valence-electron chi connectivity index (χ3n) is 3.99. The van der Waals surface area contributed by atoms with Crippen LogP contribution < -0.4 is 11.1 Å². The molecule has 1 heterocycles. The van der Waals surface area contributed by atoms with Gasteiger partial charge in [0.15, 0.2) is 0 Å². The minimum absolute atomic E-state index is 0.292. The Morgan fingerprint density at radius 1 is 1.53 bits per heavy atom. The number of rotatable bonds is 5. The second-order valence-electron chi connectivity index (χ2n) is 5.83. The van der Waals surface area contributed by atoms with Crippen LogP contribution in [0.25, 0.3) is 0 Å². The molecule has 1 fully saturated rings. The van der Waals surface area contributed by atoms with Crippen molar-refractivity contribution in [2.24, 2.45) is 17.6 Å². The summed E-state index contributed by atoms with van der Waals surface area (Å²) in [5, 5.41) is 7.94. The summed E-state index contributed by atoms with van der Waals surface area (Å²) < 4.78 is 1.77. The molecule has 3 atom stereocenters. The van der Waals surface area contributed by atoms with E-state index in [4.69, 9.17) is 5.73 Å². The topological polar surface area (TPSA) is 72.9 Å². The molecule has 19 heavy (non-hydrogen) atoms. The van der Waals surface area contributed by atoms with Gasteiger partial charge in [0.2, 0.25) is 5.91 Å². The van der Waals surface area contributed by atoms with Crippen molar-refractivity contribution in [2.45, 2.75) is 52.1 Å². The molecule has 3 N–H and O–H groups in total. The zero-order valence-electron chi connectivity index (χ0n) is 11.8. The maximum Gasteiger partial charge on any atom is 0.219 e. The van der Waals surface area contributed by atoms with Gasteiger partial charge in [-0.1, -0.05) is 13.8 Å². The van der Waals surface area contributed by atoms with Gasteiger partial charge in [0.05, 0.1) is 0 Å². The lowest BCUT2D eigenvalue weighted by Crippen LogP contribution is -2.33. The van der Waals surface area contributed by atoms with Gasteiger partial charge >= 0.3 is 0 Å². The van der Waals surface area contributed by atoms with Crippen LogP contribution in [0.4, 0.5) is 5.82 Å². The molecule has 0 unspecified atom stereocenters. The van der Waals surface area contributed by atoms with Crippen LogP contribution in [0, 0.1) is 11.8 Å². The summed E-state index contributed by atoms with van der Waals surface area (Å²) >= 11 is 0. The van der Waals surface area contributed by atoms with Gasteiger partial charge in [-0.15, -0.1) is 0 Å². The fraction of sp³-hybridized carbons (Fsp3) is 0.714. The third-order valence-corrected chi connectivity index (χ3v) is 3.99. The number of aryl methyl sites for hydroxylation is 1.